The fraction of sp³-hybridized carbons (Fsp3) is 0.391. The van der Waals surface area contributed by atoms with E-state index in [2.05, 4.69) is 4.98 Å². The molecule has 1 saturated heterocycles. The molecule has 176 valence electrons. The average Bonchev–Trinajstić information content (AvgIpc) is 3.51. The number of hydrogen-bond donors (Lipinski definition) is 0. The molecule has 0 aliphatic carbocycles. The van der Waals surface area contributed by atoms with Crippen molar-refractivity contribution < 1.29 is 27.4 Å². The van der Waals surface area contributed by atoms with Gasteiger partial charge in [-0.05, 0) is 37.1 Å². The Labute approximate surface area is 197 Å². The highest BCUT2D eigenvalue weighted by Gasteiger charge is 2.28. The van der Waals surface area contributed by atoms with Gasteiger partial charge in [-0.1, -0.05) is 29.5 Å². The van der Waals surface area contributed by atoms with Crippen LogP contribution in [0.25, 0.3) is 10.2 Å². The second kappa shape index (κ2) is 10.1. The van der Waals surface area contributed by atoms with Gasteiger partial charge in [0.15, 0.2) is 15.0 Å². The Hall–Kier alpha value is -2.69. The summed E-state index contributed by atoms with van der Waals surface area (Å²) in [5.74, 6) is 0.604. The fourth-order valence-electron chi connectivity index (χ4n) is 3.77. The highest BCUT2D eigenvalue weighted by atomic mass is 32.2. The van der Waals surface area contributed by atoms with E-state index in [0.29, 0.717) is 35.3 Å². The molecule has 1 amide bonds. The Morgan fingerprint density at radius 1 is 1.15 bits per heavy atom. The predicted octanol–water partition coefficient (Wildman–Crippen LogP) is 3.69. The van der Waals surface area contributed by atoms with Crippen LogP contribution >= 0.6 is 11.3 Å². The van der Waals surface area contributed by atoms with Gasteiger partial charge in [-0.2, -0.15) is 0 Å². The van der Waals surface area contributed by atoms with Gasteiger partial charge in [0.25, 0.3) is 0 Å². The number of ether oxygens (including phenoxy) is 3. The zero-order chi connectivity index (χ0) is 23.4. The van der Waals surface area contributed by atoms with Gasteiger partial charge in [-0.15, -0.1) is 0 Å². The van der Waals surface area contributed by atoms with E-state index in [1.54, 1.807) is 49.5 Å². The third-order valence-electron chi connectivity index (χ3n) is 5.53. The first kappa shape index (κ1) is 23.5. The van der Waals surface area contributed by atoms with Gasteiger partial charge < -0.3 is 14.2 Å². The van der Waals surface area contributed by atoms with Crippen molar-refractivity contribution in [3.63, 3.8) is 0 Å². The Morgan fingerprint density at radius 3 is 2.55 bits per heavy atom. The van der Waals surface area contributed by atoms with Crippen LogP contribution in [0.15, 0.2) is 47.4 Å². The number of carbonyl (C=O) groups excluding carboxylic acids is 1. The van der Waals surface area contributed by atoms with Crippen LogP contribution in [0.2, 0.25) is 0 Å². The quantitative estimate of drug-likeness (QED) is 0.451. The summed E-state index contributed by atoms with van der Waals surface area (Å²) < 4.78 is 42.8. The first-order valence-corrected chi connectivity index (χ1v) is 13.1. The Balaban J connectivity index is 1.63. The molecule has 2 aromatic carbocycles. The molecule has 1 unspecified atom stereocenters. The van der Waals surface area contributed by atoms with E-state index < -0.39 is 9.84 Å². The molecule has 0 N–H and O–H groups in total. The van der Waals surface area contributed by atoms with Gasteiger partial charge in [0, 0.05) is 13.0 Å². The van der Waals surface area contributed by atoms with Crippen molar-refractivity contribution in [1.29, 1.82) is 0 Å². The number of amides is 1. The summed E-state index contributed by atoms with van der Waals surface area (Å²) in [7, 11) is -0.447. The Kier molecular flexibility index (Phi) is 7.16. The number of aromatic nitrogens is 1. The van der Waals surface area contributed by atoms with E-state index in [-0.39, 0.29) is 29.1 Å². The normalized spacial score (nSPS) is 16.1. The van der Waals surface area contributed by atoms with Crippen molar-refractivity contribution in [2.45, 2.75) is 30.3 Å². The zero-order valence-corrected chi connectivity index (χ0v) is 20.2. The second-order valence-corrected chi connectivity index (χ2v) is 10.8. The molecule has 0 spiro atoms. The number of thiazole rings is 1. The number of methoxy groups -OCH3 is 2. The number of sulfone groups is 1. The first-order chi connectivity index (χ1) is 15.9. The number of nitrogens with zero attached hydrogens (tertiary/aromatic N) is 2. The molecule has 1 fully saturated rings. The maximum Gasteiger partial charge on any atom is 0.229 e. The first-order valence-electron chi connectivity index (χ1n) is 10.6. The Morgan fingerprint density at radius 2 is 1.88 bits per heavy atom. The summed E-state index contributed by atoms with van der Waals surface area (Å²) in [6, 6.07) is 11.7. The number of rotatable bonds is 9. The smallest absolute Gasteiger partial charge is 0.229 e. The standard InChI is InChI=1S/C23H26N2O6S2/c1-29-18-10-11-19(30-2)22-21(18)24-23(32-22)25(15-16-7-6-13-31-16)20(26)12-14-33(27,28)17-8-4-3-5-9-17/h3-5,8-11,16H,6-7,12-15H2,1-2H3. The molecule has 0 radical (unpaired) electrons. The SMILES string of the molecule is COc1ccc(OC)c2sc(N(CC3CCCO3)C(=O)CCS(=O)(=O)c3ccccc3)nc12. The lowest BCUT2D eigenvalue weighted by Crippen LogP contribution is -2.38. The molecule has 1 aliphatic heterocycles. The van der Waals surface area contributed by atoms with Crippen LogP contribution in [0.4, 0.5) is 5.13 Å². The summed E-state index contributed by atoms with van der Waals surface area (Å²) in [6.07, 6.45) is 1.49. The molecule has 4 rings (SSSR count). The lowest BCUT2D eigenvalue weighted by Gasteiger charge is -2.23. The third kappa shape index (κ3) is 5.13. The molecule has 8 nitrogen and oxygen atoms in total. The van der Waals surface area contributed by atoms with Crippen LogP contribution in [0.3, 0.4) is 0 Å². The highest BCUT2D eigenvalue weighted by Crippen LogP contribution is 2.40. The molecule has 10 heteroatoms. The summed E-state index contributed by atoms with van der Waals surface area (Å²) in [5, 5.41) is 0.463. The number of fused-ring (bicyclic) bond motifs is 1. The maximum absolute atomic E-state index is 13.3. The zero-order valence-electron chi connectivity index (χ0n) is 18.5. The number of carbonyl (C=O) groups is 1. The van der Waals surface area contributed by atoms with Gasteiger partial charge >= 0.3 is 0 Å². The molecule has 0 saturated carbocycles. The lowest BCUT2D eigenvalue weighted by atomic mass is 10.2. The van der Waals surface area contributed by atoms with E-state index in [9.17, 15) is 13.2 Å². The minimum absolute atomic E-state index is 0.115. The van der Waals surface area contributed by atoms with Gasteiger partial charge in [0.2, 0.25) is 5.91 Å². The summed E-state index contributed by atoms with van der Waals surface area (Å²) in [6.45, 7) is 0.964. The number of anilines is 1. The van der Waals surface area contributed by atoms with Crippen molar-refractivity contribution in [3.05, 3.63) is 42.5 Å². The van der Waals surface area contributed by atoms with E-state index >= 15 is 0 Å². The van der Waals surface area contributed by atoms with Gasteiger partial charge in [0.05, 0.1) is 37.5 Å². The van der Waals surface area contributed by atoms with Crippen LogP contribution in [-0.4, -0.2) is 58.5 Å². The molecule has 0 bridgehead atoms. The molecule has 33 heavy (non-hydrogen) atoms. The molecule has 2 heterocycles. The van der Waals surface area contributed by atoms with E-state index in [1.807, 2.05) is 0 Å². The fourth-order valence-corrected chi connectivity index (χ4v) is 6.12. The summed E-state index contributed by atoms with van der Waals surface area (Å²) in [5.41, 5.74) is 0.596. The Bertz CT molecular complexity index is 1180. The minimum atomic E-state index is -3.58. The molecule has 1 aromatic heterocycles. The lowest BCUT2D eigenvalue weighted by molar-refractivity contribution is -0.118. The average molecular weight is 491 g/mol. The van der Waals surface area contributed by atoms with Crippen LogP contribution in [0.5, 0.6) is 11.5 Å². The molecular formula is C23H26N2O6S2. The largest absolute Gasteiger partial charge is 0.495 e. The summed E-state index contributed by atoms with van der Waals surface area (Å²) in [4.78, 5) is 19.7. The van der Waals surface area contributed by atoms with Crippen molar-refractivity contribution in [2.24, 2.45) is 0 Å². The highest BCUT2D eigenvalue weighted by molar-refractivity contribution is 7.91. The van der Waals surface area contributed by atoms with Crippen molar-refractivity contribution >= 4 is 42.4 Å². The van der Waals surface area contributed by atoms with Crippen molar-refractivity contribution in [3.8, 4) is 11.5 Å². The van der Waals surface area contributed by atoms with Crippen LogP contribution in [-0.2, 0) is 19.4 Å². The van der Waals surface area contributed by atoms with Gasteiger partial charge in [0.1, 0.15) is 21.7 Å². The van der Waals surface area contributed by atoms with Gasteiger partial charge in [-0.25, -0.2) is 13.4 Å². The van der Waals surface area contributed by atoms with Crippen LogP contribution < -0.4 is 14.4 Å². The summed E-state index contributed by atoms with van der Waals surface area (Å²) >= 11 is 1.31. The minimum Gasteiger partial charge on any atom is -0.495 e. The van der Waals surface area contributed by atoms with Crippen molar-refractivity contribution in [1.82, 2.24) is 4.98 Å². The van der Waals surface area contributed by atoms with E-state index in [0.717, 1.165) is 17.5 Å². The van der Waals surface area contributed by atoms with Gasteiger partial charge in [-0.3, -0.25) is 9.69 Å². The number of benzene rings is 2. The molecule has 1 aliphatic rings. The van der Waals surface area contributed by atoms with E-state index in [1.165, 1.54) is 23.5 Å². The maximum atomic E-state index is 13.3. The predicted molar refractivity (Wildman–Crippen MR) is 127 cm³/mol. The third-order valence-corrected chi connectivity index (χ3v) is 8.35. The van der Waals surface area contributed by atoms with Crippen LogP contribution in [0, 0.1) is 0 Å². The molecule has 1 atom stereocenters. The second-order valence-electron chi connectivity index (χ2n) is 7.67. The van der Waals surface area contributed by atoms with Crippen LogP contribution in [0.1, 0.15) is 19.3 Å². The molecule has 3 aromatic rings. The monoisotopic (exact) mass is 490 g/mol. The topological polar surface area (TPSA) is 95.0 Å². The molecular weight excluding hydrogens is 464 g/mol. The number of hydrogen-bond acceptors (Lipinski definition) is 8. The van der Waals surface area contributed by atoms with Crippen molar-refractivity contribution in [2.75, 3.05) is 38.0 Å². The van der Waals surface area contributed by atoms with E-state index in [4.69, 9.17) is 14.2 Å².